The molecule has 1 N–H and O–H groups in total. The van der Waals surface area contributed by atoms with E-state index in [1.165, 1.54) is 5.69 Å². The van der Waals surface area contributed by atoms with Crippen molar-refractivity contribution in [1.82, 2.24) is 9.88 Å². The fourth-order valence-corrected chi connectivity index (χ4v) is 3.87. The predicted molar refractivity (Wildman–Crippen MR) is 120 cm³/mol. The van der Waals surface area contributed by atoms with Gasteiger partial charge in [0.25, 0.3) is 0 Å². The maximum atomic E-state index is 13.0. The van der Waals surface area contributed by atoms with E-state index in [1.807, 2.05) is 18.2 Å². The first-order chi connectivity index (χ1) is 14.1. The molecular weight excluding hydrogens is 360 g/mol. The van der Waals surface area contributed by atoms with Crippen molar-refractivity contribution in [3.05, 3.63) is 59.4 Å². The first-order valence-corrected chi connectivity index (χ1v) is 11.2. The van der Waals surface area contributed by atoms with Gasteiger partial charge in [0.1, 0.15) is 0 Å². The van der Waals surface area contributed by atoms with Gasteiger partial charge < -0.3 is 14.6 Å². The summed E-state index contributed by atoms with van der Waals surface area (Å²) in [4.78, 5) is 13.0. The van der Waals surface area contributed by atoms with E-state index < -0.39 is 0 Å². The number of benzene rings is 1. The van der Waals surface area contributed by atoms with Gasteiger partial charge in [0, 0.05) is 23.9 Å². The van der Waals surface area contributed by atoms with Crippen molar-refractivity contribution in [2.45, 2.75) is 79.0 Å². The molecule has 1 heterocycles. The van der Waals surface area contributed by atoms with Gasteiger partial charge in [-0.25, -0.2) is 0 Å². The average molecular weight is 399 g/mol. The van der Waals surface area contributed by atoms with Crippen LogP contribution in [0.15, 0.2) is 42.5 Å². The van der Waals surface area contributed by atoms with Crippen LogP contribution in [0.3, 0.4) is 0 Å². The highest BCUT2D eigenvalue weighted by Crippen LogP contribution is 2.22. The van der Waals surface area contributed by atoms with Crippen molar-refractivity contribution in [2.24, 2.45) is 5.92 Å². The number of hydrogen-bond donors (Lipinski definition) is 1. The Morgan fingerprint density at radius 2 is 1.79 bits per heavy atom. The van der Waals surface area contributed by atoms with E-state index >= 15 is 0 Å². The number of nitrogens with zero attached hydrogens (tertiary/aromatic N) is 1. The summed E-state index contributed by atoms with van der Waals surface area (Å²) in [6.45, 7) is 10.6. The van der Waals surface area contributed by atoms with Crippen LogP contribution in [0.4, 0.5) is 0 Å². The van der Waals surface area contributed by atoms with Crippen LogP contribution in [0.25, 0.3) is 0 Å². The lowest BCUT2D eigenvalue weighted by molar-refractivity contribution is -0.126. The second-order valence-electron chi connectivity index (χ2n) is 7.71. The molecule has 0 aliphatic rings. The second-order valence-corrected chi connectivity index (χ2v) is 7.71. The Bertz CT molecular complexity index is 724. The van der Waals surface area contributed by atoms with Gasteiger partial charge >= 0.3 is 0 Å². The molecule has 2 unspecified atom stereocenters. The van der Waals surface area contributed by atoms with Crippen LogP contribution in [0.5, 0.6) is 0 Å². The third-order valence-electron chi connectivity index (χ3n) is 5.48. The van der Waals surface area contributed by atoms with Crippen molar-refractivity contribution in [3.8, 4) is 0 Å². The summed E-state index contributed by atoms with van der Waals surface area (Å²) in [6.07, 6.45) is 4.86. The summed E-state index contributed by atoms with van der Waals surface area (Å²) < 4.78 is 8.42. The molecule has 1 aromatic heterocycles. The van der Waals surface area contributed by atoms with E-state index in [1.54, 1.807) is 0 Å². The molecule has 0 fully saturated rings. The fourth-order valence-electron chi connectivity index (χ4n) is 3.87. The number of ether oxygens (including phenoxy) is 1. The Morgan fingerprint density at radius 3 is 2.41 bits per heavy atom. The lowest BCUT2D eigenvalue weighted by Crippen LogP contribution is -2.37. The topological polar surface area (TPSA) is 43.3 Å². The number of hydrogen-bond acceptors (Lipinski definition) is 2. The maximum absolute atomic E-state index is 13.0. The van der Waals surface area contributed by atoms with E-state index in [0.29, 0.717) is 13.2 Å². The summed E-state index contributed by atoms with van der Waals surface area (Å²) in [5, 5.41) is 3.31. The van der Waals surface area contributed by atoms with Gasteiger partial charge in [-0.1, -0.05) is 64.4 Å². The molecule has 2 atom stereocenters. The van der Waals surface area contributed by atoms with Crippen molar-refractivity contribution < 1.29 is 9.53 Å². The second kappa shape index (κ2) is 12.5. The third-order valence-corrected chi connectivity index (χ3v) is 5.48. The Kier molecular flexibility index (Phi) is 9.99. The summed E-state index contributed by atoms with van der Waals surface area (Å²) in [7, 11) is 0. The molecule has 2 aromatic rings. The lowest BCUT2D eigenvalue weighted by Gasteiger charge is -2.24. The molecule has 2 rings (SSSR count). The van der Waals surface area contributed by atoms with Gasteiger partial charge in [-0.15, -0.1) is 0 Å². The standard InChI is InChI=1S/C25H38N2O2/c1-5-12-21(7-3)25(28)26-23(19-29-18-20-13-10-9-11-14-20)24-16-15-22(8-4)27(24)17-6-2/h9-11,13-16,21,23H,5-8,12,17-19H2,1-4H3,(H,26,28). The number of nitrogens with one attached hydrogen (secondary N) is 1. The molecule has 29 heavy (non-hydrogen) atoms. The Hall–Kier alpha value is -2.07. The molecule has 0 saturated carbocycles. The zero-order valence-corrected chi connectivity index (χ0v) is 18.6. The smallest absolute Gasteiger partial charge is 0.223 e. The van der Waals surface area contributed by atoms with Crippen molar-refractivity contribution in [1.29, 1.82) is 0 Å². The van der Waals surface area contributed by atoms with Crippen molar-refractivity contribution >= 4 is 5.91 Å². The number of rotatable bonds is 13. The molecule has 0 aliphatic carbocycles. The van der Waals surface area contributed by atoms with Crippen molar-refractivity contribution in [3.63, 3.8) is 0 Å². The number of amides is 1. The Morgan fingerprint density at radius 1 is 1.03 bits per heavy atom. The highest BCUT2D eigenvalue weighted by Gasteiger charge is 2.23. The van der Waals surface area contributed by atoms with Gasteiger partial charge in [0.15, 0.2) is 0 Å². The Labute approximate surface area is 176 Å². The van der Waals surface area contributed by atoms with Crippen LogP contribution < -0.4 is 5.32 Å². The van der Waals surface area contributed by atoms with E-state index in [-0.39, 0.29) is 17.9 Å². The van der Waals surface area contributed by atoms with E-state index in [0.717, 1.165) is 49.9 Å². The van der Waals surface area contributed by atoms with Crippen LogP contribution in [0.2, 0.25) is 0 Å². The monoisotopic (exact) mass is 398 g/mol. The molecule has 1 amide bonds. The van der Waals surface area contributed by atoms with Gasteiger partial charge in [-0.3, -0.25) is 4.79 Å². The minimum atomic E-state index is -0.135. The highest BCUT2D eigenvalue weighted by molar-refractivity contribution is 5.79. The van der Waals surface area contributed by atoms with E-state index in [4.69, 9.17) is 4.74 Å². The maximum Gasteiger partial charge on any atom is 0.223 e. The van der Waals surface area contributed by atoms with Crippen LogP contribution in [0.1, 0.15) is 76.4 Å². The van der Waals surface area contributed by atoms with Crippen LogP contribution in [0, 0.1) is 5.92 Å². The molecule has 160 valence electrons. The summed E-state index contributed by atoms with van der Waals surface area (Å²) in [6, 6.07) is 14.4. The molecule has 0 radical (unpaired) electrons. The third kappa shape index (κ3) is 6.74. The minimum Gasteiger partial charge on any atom is -0.374 e. The average Bonchev–Trinajstić information content (AvgIpc) is 3.14. The quantitative estimate of drug-likeness (QED) is 0.473. The SMILES string of the molecule is CCCC(CC)C(=O)NC(COCc1ccccc1)c1ccc(CC)n1CCC. The first kappa shape index (κ1) is 23.2. The largest absolute Gasteiger partial charge is 0.374 e. The predicted octanol–water partition coefficient (Wildman–Crippen LogP) is 5.66. The molecule has 0 bridgehead atoms. The molecule has 0 aliphatic heterocycles. The lowest BCUT2D eigenvalue weighted by atomic mass is 9.99. The molecule has 1 aromatic carbocycles. The highest BCUT2D eigenvalue weighted by atomic mass is 16.5. The first-order valence-electron chi connectivity index (χ1n) is 11.2. The van der Waals surface area contributed by atoms with Crippen LogP contribution >= 0.6 is 0 Å². The van der Waals surface area contributed by atoms with Crippen LogP contribution in [-0.4, -0.2) is 17.1 Å². The summed E-state index contributed by atoms with van der Waals surface area (Å²) >= 11 is 0. The van der Waals surface area contributed by atoms with Gasteiger partial charge in [-0.05, 0) is 43.4 Å². The zero-order chi connectivity index (χ0) is 21.1. The zero-order valence-electron chi connectivity index (χ0n) is 18.6. The van der Waals surface area contributed by atoms with Crippen LogP contribution in [-0.2, 0) is 29.1 Å². The molecule has 0 saturated heterocycles. The molecule has 0 spiro atoms. The summed E-state index contributed by atoms with van der Waals surface area (Å²) in [5.41, 5.74) is 3.61. The molecular formula is C25H38N2O2. The Balaban J connectivity index is 2.18. The van der Waals surface area contributed by atoms with Gasteiger partial charge in [0.2, 0.25) is 5.91 Å². The number of carbonyl (C=O) groups excluding carboxylic acids is 1. The summed E-state index contributed by atoms with van der Waals surface area (Å²) in [5.74, 6) is 0.210. The molecule has 4 heteroatoms. The number of carbonyl (C=O) groups is 1. The normalized spacial score (nSPS) is 13.2. The van der Waals surface area contributed by atoms with Crippen molar-refractivity contribution in [2.75, 3.05) is 6.61 Å². The molecule has 4 nitrogen and oxygen atoms in total. The van der Waals surface area contributed by atoms with E-state index in [2.05, 4.69) is 61.8 Å². The minimum absolute atomic E-state index is 0.0665. The van der Waals surface area contributed by atoms with E-state index in [9.17, 15) is 4.79 Å². The number of aromatic nitrogens is 1. The van der Waals surface area contributed by atoms with Gasteiger partial charge in [-0.2, -0.15) is 0 Å². The van der Waals surface area contributed by atoms with Gasteiger partial charge in [0.05, 0.1) is 19.3 Å². The fraction of sp³-hybridized carbons (Fsp3) is 0.560. The number of aryl methyl sites for hydroxylation is 1.